The number of hydrogen-bond acceptors (Lipinski definition) is 1. The molecule has 2 heteroatoms. The Hall–Kier alpha value is -3.26. The molecule has 30 heavy (non-hydrogen) atoms. The van der Waals surface area contributed by atoms with Gasteiger partial charge in [0.15, 0.2) is 6.20 Å². The fraction of sp³-hybridized carbons (Fsp3) is 0.214. The second-order valence-corrected chi connectivity index (χ2v) is 8.97. The van der Waals surface area contributed by atoms with Crippen LogP contribution >= 0.6 is 0 Å². The number of fused-ring (bicyclic) bond motifs is 3. The number of aromatic nitrogens is 2. The van der Waals surface area contributed by atoms with Crippen LogP contribution in [0, 0.1) is 13.8 Å². The number of pyridine rings is 2. The molecule has 0 N–H and O–H groups in total. The van der Waals surface area contributed by atoms with Gasteiger partial charge in [0, 0.05) is 33.9 Å². The van der Waals surface area contributed by atoms with Crippen LogP contribution in [0.3, 0.4) is 0 Å². The Kier molecular flexibility index (Phi) is 4.14. The summed E-state index contributed by atoms with van der Waals surface area (Å²) in [5, 5.41) is 0. The van der Waals surface area contributed by atoms with Gasteiger partial charge in [0.05, 0.1) is 5.69 Å². The van der Waals surface area contributed by atoms with E-state index >= 15 is 0 Å². The van der Waals surface area contributed by atoms with E-state index < -0.39 is 0 Å². The van der Waals surface area contributed by atoms with Crippen molar-refractivity contribution >= 4 is 0 Å². The molecule has 0 saturated heterocycles. The lowest BCUT2D eigenvalue weighted by molar-refractivity contribution is -0.659. The van der Waals surface area contributed by atoms with Crippen molar-refractivity contribution in [2.45, 2.75) is 33.1 Å². The summed E-state index contributed by atoms with van der Waals surface area (Å²) in [4.78, 5) is 4.91. The molecule has 0 spiro atoms. The predicted molar refractivity (Wildman–Crippen MR) is 123 cm³/mol. The van der Waals surface area contributed by atoms with E-state index in [9.17, 15) is 0 Å². The summed E-state index contributed by atoms with van der Waals surface area (Å²) in [6.45, 7) is 8.88. The molecule has 0 radical (unpaired) electrons. The maximum atomic E-state index is 4.91. The lowest BCUT2D eigenvalue weighted by atomic mass is 9.83. The van der Waals surface area contributed by atoms with Crippen molar-refractivity contribution in [3.05, 3.63) is 95.4 Å². The van der Waals surface area contributed by atoms with Crippen LogP contribution in [0.2, 0.25) is 0 Å². The molecule has 2 aromatic heterocycles. The van der Waals surface area contributed by atoms with Gasteiger partial charge < -0.3 is 0 Å². The molecule has 0 unspecified atom stereocenters. The van der Waals surface area contributed by atoms with Gasteiger partial charge in [-0.3, -0.25) is 4.98 Å². The first-order chi connectivity index (χ1) is 14.4. The van der Waals surface area contributed by atoms with Crippen LogP contribution < -0.4 is 4.57 Å². The zero-order valence-corrected chi connectivity index (χ0v) is 18.3. The number of aryl methyl sites for hydroxylation is 3. The van der Waals surface area contributed by atoms with E-state index in [2.05, 4.69) is 112 Å². The summed E-state index contributed by atoms with van der Waals surface area (Å²) in [6, 6.07) is 24.1. The van der Waals surface area contributed by atoms with Crippen LogP contribution in [0.4, 0.5) is 0 Å². The van der Waals surface area contributed by atoms with E-state index in [1.54, 1.807) is 0 Å². The van der Waals surface area contributed by atoms with E-state index in [0.29, 0.717) is 0 Å². The Morgan fingerprint density at radius 2 is 1.53 bits per heavy atom. The summed E-state index contributed by atoms with van der Waals surface area (Å²) in [6.07, 6.45) is 2.22. The first-order valence-corrected chi connectivity index (χ1v) is 10.6. The van der Waals surface area contributed by atoms with Crippen molar-refractivity contribution in [2.24, 2.45) is 7.05 Å². The fourth-order valence-electron chi connectivity index (χ4n) is 4.79. The fourth-order valence-corrected chi connectivity index (χ4v) is 4.79. The van der Waals surface area contributed by atoms with E-state index in [4.69, 9.17) is 4.98 Å². The Labute approximate surface area is 178 Å². The monoisotopic (exact) mass is 391 g/mol. The molecule has 1 aliphatic carbocycles. The van der Waals surface area contributed by atoms with Crippen molar-refractivity contribution in [1.82, 2.24) is 4.98 Å². The van der Waals surface area contributed by atoms with Crippen molar-refractivity contribution in [1.29, 1.82) is 0 Å². The molecule has 0 bridgehead atoms. The number of nitrogens with zero attached hydrogens (tertiary/aromatic N) is 2. The van der Waals surface area contributed by atoms with Gasteiger partial charge in [0.1, 0.15) is 7.05 Å². The van der Waals surface area contributed by atoms with Gasteiger partial charge in [0.2, 0.25) is 5.69 Å². The molecule has 2 heterocycles. The highest BCUT2D eigenvalue weighted by atomic mass is 14.9. The predicted octanol–water partition coefficient (Wildman–Crippen LogP) is 6.16. The van der Waals surface area contributed by atoms with Gasteiger partial charge in [-0.15, -0.1) is 0 Å². The molecule has 5 rings (SSSR count). The first-order valence-electron chi connectivity index (χ1n) is 10.6. The van der Waals surface area contributed by atoms with Gasteiger partial charge in [-0.05, 0) is 54.3 Å². The molecule has 148 valence electrons. The Bertz CT molecular complexity index is 1280. The SMILES string of the molecule is Cc1ccc2c(n1)C(C)(C)c1cc(-c3ccc(-c4ccccc4)c[n+]3C)c(C)cc1-2. The zero-order chi connectivity index (χ0) is 21.0. The highest BCUT2D eigenvalue weighted by Crippen LogP contribution is 2.49. The second kappa shape index (κ2) is 6.63. The third-order valence-electron chi connectivity index (χ3n) is 6.47. The number of hydrogen-bond donors (Lipinski definition) is 0. The Balaban J connectivity index is 1.65. The first kappa shape index (κ1) is 18.7. The standard InChI is InChI=1S/C28H27N2/c1-18-15-24-22-13-11-19(2)29-27(22)28(3,4)25(24)16-23(18)26-14-12-21(17-30(26)5)20-9-7-6-8-10-20/h6-17H,1-5H3/q+1. The van der Waals surface area contributed by atoms with E-state index in [-0.39, 0.29) is 5.41 Å². The molecular formula is C28H27N2+. The maximum absolute atomic E-state index is 4.91. The maximum Gasteiger partial charge on any atom is 0.212 e. The lowest BCUT2D eigenvalue weighted by Gasteiger charge is -2.21. The van der Waals surface area contributed by atoms with Crippen molar-refractivity contribution in [3.8, 4) is 33.5 Å². The lowest BCUT2D eigenvalue weighted by Crippen LogP contribution is -2.31. The summed E-state index contributed by atoms with van der Waals surface area (Å²) >= 11 is 0. The minimum Gasteiger partial charge on any atom is -0.257 e. The third-order valence-corrected chi connectivity index (χ3v) is 6.47. The molecule has 0 atom stereocenters. The molecule has 2 nitrogen and oxygen atoms in total. The zero-order valence-electron chi connectivity index (χ0n) is 18.3. The van der Waals surface area contributed by atoms with Crippen LogP contribution in [0.15, 0.2) is 72.9 Å². The highest BCUT2D eigenvalue weighted by Gasteiger charge is 2.38. The molecule has 0 aliphatic heterocycles. The van der Waals surface area contributed by atoms with Crippen LogP contribution in [-0.4, -0.2) is 4.98 Å². The minimum absolute atomic E-state index is 0.0955. The van der Waals surface area contributed by atoms with Gasteiger partial charge in [-0.1, -0.05) is 56.3 Å². The normalized spacial score (nSPS) is 13.8. The van der Waals surface area contributed by atoms with Crippen molar-refractivity contribution < 1.29 is 4.57 Å². The average molecular weight is 392 g/mol. The molecule has 4 aromatic rings. The van der Waals surface area contributed by atoms with Crippen molar-refractivity contribution in [2.75, 3.05) is 0 Å². The largest absolute Gasteiger partial charge is 0.257 e. The highest BCUT2D eigenvalue weighted by molar-refractivity contribution is 5.83. The van der Waals surface area contributed by atoms with E-state index in [1.807, 2.05) is 0 Å². The molecule has 2 aromatic carbocycles. The molecule has 0 saturated carbocycles. The molecule has 0 fully saturated rings. The van der Waals surface area contributed by atoms with Gasteiger partial charge in [-0.2, -0.15) is 0 Å². The van der Waals surface area contributed by atoms with Crippen molar-refractivity contribution in [3.63, 3.8) is 0 Å². The molecule has 0 amide bonds. The van der Waals surface area contributed by atoms with Gasteiger partial charge in [-0.25, -0.2) is 4.57 Å². The van der Waals surface area contributed by atoms with Crippen LogP contribution in [0.25, 0.3) is 33.5 Å². The number of rotatable bonds is 2. The third kappa shape index (κ3) is 2.79. The van der Waals surface area contributed by atoms with Crippen LogP contribution in [0.5, 0.6) is 0 Å². The molecule has 1 aliphatic rings. The number of benzene rings is 2. The summed E-state index contributed by atoms with van der Waals surface area (Å²) in [5.41, 5.74) is 12.4. The van der Waals surface area contributed by atoms with E-state index in [1.165, 1.54) is 50.3 Å². The summed E-state index contributed by atoms with van der Waals surface area (Å²) in [7, 11) is 2.14. The average Bonchev–Trinajstić information content (AvgIpc) is 2.94. The summed E-state index contributed by atoms with van der Waals surface area (Å²) < 4.78 is 2.24. The van der Waals surface area contributed by atoms with E-state index in [0.717, 1.165) is 5.69 Å². The minimum atomic E-state index is -0.0955. The second-order valence-electron chi connectivity index (χ2n) is 8.97. The van der Waals surface area contributed by atoms with Gasteiger partial charge >= 0.3 is 0 Å². The smallest absolute Gasteiger partial charge is 0.212 e. The molecular weight excluding hydrogens is 364 g/mol. The topological polar surface area (TPSA) is 16.8 Å². The Morgan fingerprint density at radius 3 is 2.27 bits per heavy atom. The summed E-state index contributed by atoms with van der Waals surface area (Å²) in [5.74, 6) is 0. The quantitative estimate of drug-likeness (QED) is 0.374. The van der Waals surface area contributed by atoms with Crippen LogP contribution in [-0.2, 0) is 12.5 Å². The van der Waals surface area contributed by atoms with Gasteiger partial charge in [0.25, 0.3) is 0 Å². The Morgan fingerprint density at radius 1 is 0.767 bits per heavy atom. The van der Waals surface area contributed by atoms with Crippen LogP contribution in [0.1, 0.15) is 36.4 Å².